The first-order chi connectivity index (χ1) is 11.8. The molecule has 24 heavy (non-hydrogen) atoms. The topological polar surface area (TPSA) is 48.6 Å². The second kappa shape index (κ2) is 4.79. The van der Waals surface area contributed by atoms with Crippen LogP contribution in [0.2, 0.25) is 0 Å². The van der Waals surface area contributed by atoms with Crippen molar-refractivity contribution >= 4 is 34.0 Å². The van der Waals surface area contributed by atoms with E-state index in [0.29, 0.717) is 17.1 Å². The maximum Gasteiger partial charge on any atom is 0.305 e. The number of aromatic nitrogens is 2. The van der Waals surface area contributed by atoms with Crippen molar-refractivity contribution in [2.45, 2.75) is 35.5 Å². The van der Waals surface area contributed by atoms with Gasteiger partial charge in [-0.25, -0.2) is 0 Å². The number of H-pyrrole nitrogens is 2. The van der Waals surface area contributed by atoms with Gasteiger partial charge in [-0.2, -0.15) is 0 Å². The zero-order chi connectivity index (χ0) is 15.8. The maximum absolute atomic E-state index is 12.1. The molecular formula is C19H18N2OS2. The van der Waals surface area contributed by atoms with Crippen molar-refractivity contribution in [2.75, 3.05) is 0 Å². The summed E-state index contributed by atoms with van der Waals surface area (Å²) >= 11 is 3.40. The van der Waals surface area contributed by atoms with E-state index >= 15 is 0 Å². The summed E-state index contributed by atoms with van der Waals surface area (Å²) in [7, 11) is 0. The molecule has 2 aromatic heterocycles. The maximum atomic E-state index is 12.1. The molecule has 5 heteroatoms. The fraction of sp³-hybridized carbons (Fsp3) is 0.421. The summed E-state index contributed by atoms with van der Waals surface area (Å²) in [6, 6.07) is 8.57. The SMILES string of the molecule is O=c1[nH]c2c(s1)[C@H](c1c[nH]c3ccccc13)[C@H]1[C@@H]3CC[C@H](C3)[C@H]1S2. The average Bonchev–Trinajstić information content (AvgIpc) is 3.34. The highest BCUT2D eigenvalue weighted by Crippen LogP contribution is 2.64. The molecule has 6 rings (SSSR count). The molecule has 1 aliphatic heterocycles. The van der Waals surface area contributed by atoms with Gasteiger partial charge in [-0.1, -0.05) is 29.5 Å². The van der Waals surface area contributed by atoms with E-state index in [1.807, 2.05) is 11.8 Å². The summed E-state index contributed by atoms with van der Waals surface area (Å²) in [4.78, 5) is 20.0. The molecule has 2 aliphatic carbocycles. The Morgan fingerprint density at radius 3 is 2.96 bits per heavy atom. The van der Waals surface area contributed by atoms with E-state index in [0.717, 1.165) is 16.9 Å². The molecule has 2 bridgehead atoms. The molecule has 0 unspecified atom stereocenters. The van der Waals surface area contributed by atoms with Gasteiger partial charge in [0.2, 0.25) is 0 Å². The molecule has 0 radical (unpaired) electrons. The molecule has 2 N–H and O–H groups in total. The first-order valence-corrected chi connectivity index (χ1v) is 10.4. The second-order valence-electron chi connectivity index (χ2n) is 7.47. The lowest BCUT2D eigenvalue weighted by Crippen LogP contribution is -2.33. The van der Waals surface area contributed by atoms with Crippen LogP contribution in [0.25, 0.3) is 10.9 Å². The number of nitrogens with one attached hydrogen (secondary N) is 2. The zero-order valence-corrected chi connectivity index (χ0v) is 14.8. The van der Waals surface area contributed by atoms with Crippen LogP contribution in [0.5, 0.6) is 0 Å². The van der Waals surface area contributed by atoms with Crippen molar-refractivity contribution in [3.8, 4) is 0 Å². The Morgan fingerprint density at radius 1 is 1.12 bits per heavy atom. The molecule has 1 aromatic carbocycles. The number of fused-ring (bicyclic) bond motifs is 7. The van der Waals surface area contributed by atoms with E-state index in [4.69, 9.17) is 0 Å². The monoisotopic (exact) mass is 354 g/mol. The molecule has 122 valence electrons. The van der Waals surface area contributed by atoms with Crippen LogP contribution < -0.4 is 4.87 Å². The zero-order valence-electron chi connectivity index (χ0n) is 13.1. The Balaban J connectivity index is 1.61. The van der Waals surface area contributed by atoms with Crippen LogP contribution >= 0.6 is 23.1 Å². The van der Waals surface area contributed by atoms with Crippen molar-refractivity contribution in [3.63, 3.8) is 0 Å². The lowest BCUT2D eigenvalue weighted by Gasteiger charge is -2.39. The normalized spacial score (nSPS) is 33.8. The van der Waals surface area contributed by atoms with Crippen LogP contribution in [-0.2, 0) is 0 Å². The molecule has 0 spiro atoms. The van der Waals surface area contributed by atoms with Gasteiger partial charge in [0.1, 0.15) is 0 Å². The second-order valence-corrected chi connectivity index (χ2v) is 9.67. The molecule has 2 saturated carbocycles. The number of hydrogen-bond donors (Lipinski definition) is 2. The predicted molar refractivity (Wildman–Crippen MR) is 99.0 cm³/mol. The smallest absolute Gasteiger partial charge is 0.305 e. The molecule has 3 heterocycles. The van der Waals surface area contributed by atoms with Gasteiger partial charge in [0, 0.05) is 33.1 Å². The van der Waals surface area contributed by atoms with Crippen molar-refractivity contribution in [1.29, 1.82) is 0 Å². The van der Waals surface area contributed by atoms with Crippen molar-refractivity contribution < 1.29 is 0 Å². The Kier molecular flexibility index (Phi) is 2.75. The summed E-state index contributed by atoms with van der Waals surface area (Å²) in [5.41, 5.74) is 2.60. The molecule has 2 fully saturated rings. The van der Waals surface area contributed by atoms with Crippen LogP contribution in [-0.4, -0.2) is 15.2 Å². The van der Waals surface area contributed by atoms with Crippen LogP contribution in [0.3, 0.4) is 0 Å². The molecule has 3 aliphatic rings. The van der Waals surface area contributed by atoms with Crippen LogP contribution in [0.4, 0.5) is 0 Å². The first kappa shape index (κ1) is 13.8. The number of rotatable bonds is 1. The van der Waals surface area contributed by atoms with E-state index in [2.05, 4.69) is 40.4 Å². The highest BCUT2D eigenvalue weighted by molar-refractivity contribution is 8.00. The Bertz CT molecular complexity index is 1000. The molecule has 0 amide bonds. The number of thiazole rings is 1. The quantitative estimate of drug-likeness (QED) is 0.672. The first-order valence-electron chi connectivity index (χ1n) is 8.75. The van der Waals surface area contributed by atoms with E-state index < -0.39 is 0 Å². The number of benzene rings is 1. The Morgan fingerprint density at radius 2 is 2.00 bits per heavy atom. The molecule has 3 aromatic rings. The summed E-state index contributed by atoms with van der Waals surface area (Å²) in [5.74, 6) is 2.74. The standard InChI is InChI=1S/C19H18N2OS2/c22-19-21-18-17(24-19)15(12-8-20-13-4-2-1-3-11(12)13)14-9-5-6-10(7-9)16(14)23-18/h1-4,8-10,14-16,20H,5-7H2,(H,21,22)/t9-,10-,14-,15-,16-/m1/s1. The average molecular weight is 355 g/mol. The van der Waals surface area contributed by atoms with Gasteiger partial charge in [-0.3, -0.25) is 4.79 Å². The minimum Gasteiger partial charge on any atom is -0.361 e. The van der Waals surface area contributed by atoms with Gasteiger partial charge < -0.3 is 9.97 Å². The third-order valence-corrected chi connectivity index (χ3v) is 9.05. The van der Waals surface area contributed by atoms with Crippen molar-refractivity contribution in [1.82, 2.24) is 9.97 Å². The number of hydrogen-bond acceptors (Lipinski definition) is 3. The molecular weight excluding hydrogens is 336 g/mol. The van der Waals surface area contributed by atoms with Gasteiger partial charge in [0.25, 0.3) is 0 Å². The van der Waals surface area contributed by atoms with Gasteiger partial charge in [-0.05, 0) is 48.6 Å². The third kappa shape index (κ3) is 1.72. The molecule has 0 saturated heterocycles. The number of aromatic amines is 2. The fourth-order valence-corrected chi connectivity index (χ4v) is 8.43. The Labute approximate surface area is 147 Å². The van der Waals surface area contributed by atoms with Gasteiger partial charge in [0.05, 0.1) is 5.03 Å². The highest BCUT2D eigenvalue weighted by atomic mass is 32.2. The summed E-state index contributed by atoms with van der Waals surface area (Å²) in [5, 5.41) is 3.15. The highest BCUT2D eigenvalue weighted by Gasteiger charge is 2.55. The van der Waals surface area contributed by atoms with E-state index in [1.165, 1.54) is 51.9 Å². The van der Waals surface area contributed by atoms with Crippen molar-refractivity contribution in [2.24, 2.45) is 17.8 Å². The van der Waals surface area contributed by atoms with Crippen LogP contribution in [0.1, 0.15) is 35.6 Å². The minimum absolute atomic E-state index is 0.102. The van der Waals surface area contributed by atoms with Gasteiger partial charge in [-0.15, -0.1) is 11.8 Å². The fourth-order valence-electron chi connectivity index (χ4n) is 5.55. The minimum atomic E-state index is 0.102. The number of thioether (sulfide) groups is 1. The lowest BCUT2D eigenvalue weighted by atomic mass is 9.75. The summed E-state index contributed by atoms with van der Waals surface area (Å²) in [6.45, 7) is 0. The van der Waals surface area contributed by atoms with Gasteiger partial charge in [0.15, 0.2) is 0 Å². The Hall–Kier alpha value is -1.46. The summed E-state index contributed by atoms with van der Waals surface area (Å²) in [6.07, 6.45) is 6.34. The molecule has 3 nitrogen and oxygen atoms in total. The molecule has 5 atom stereocenters. The number of para-hydroxylation sites is 1. The van der Waals surface area contributed by atoms with E-state index in [1.54, 1.807) is 0 Å². The van der Waals surface area contributed by atoms with Gasteiger partial charge >= 0.3 is 4.87 Å². The van der Waals surface area contributed by atoms with Crippen LogP contribution in [0, 0.1) is 17.8 Å². The third-order valence-electron chi connectivity index (χ3n) is 6.42. The predicted octanol–water partition coefficient (Wildman–Crippen LogP) is 4.57. The largest absolute Gasteiger partial charge is 0.361 e. The van der Waals surface area contributed by atoms with E-state index in [9.17, 15) is 4.79 Å². The lowest BCUT2D eigenvalue weighted by molar-refractivity contribution is 0.308. The van der Waals surface area contributed by atoms with E-state index in [-0.39, 0.29) is 4.87 Å². The summed E-state index contributed by atoms with van der Waals surface area (Å²) < 4.78 is 0. The van der Waals surface area contributed by atoms with Crippen LogP contribution in [0.15, 0.2) is 40.3 Å². The van der Waals surface area contributed by atoms with Crippen molar-refractivity contribution in [3.05, 3.63) is 50.6 Å².